The van der Waals surface area contributed by atoms with Crippen molar-refractivity contribution in [3.63, 3.8) is 0 Å². The zero-order valence-corrected chi connectivity index (χ0v) is 16.0. The molecule has 0 spiro atoms. The molecule has 0 bridgehead atoms. The van der Waals surface area contributed by atoms with Crippen molar-refractivity contribution in [2.45, 2.75) is 19.4 Å². The standard InChI is InChI=1S/C20H17ClFN3O4/c1-11-14(3-2-4-15(11)22)16(10-19(27)28)23-20(29)17-9-18(26)25(24-17)13-7-5-12(21)6-8-13/h2-9,16,26H,10H2,1H3,(H,23,29)(H,27,28). The maximum atomic E-state index is 13.9. The summed E-state index contributed by atoms with van der Waals surface area (Å²) in [5.74, 6) is -2.65. The van der Waals surface area contributed by atoms with Crippen LogP contribution >= 0.6 is 11.6 Å². The van der Waals surface area contributed by atoms with Gasteiger partial charge in [0.2, 0.25) is 5.88 Å². The lowest BCUT2D eigenvalue weighted by atomic mass is 9.98. The number of nitrogens with one attached hydrogen (secondary N) is 1. The highest BCUT2D eigenvalue weighted by atomic mass is 35.5. The number of nitrogens with zero attached hydrogens (tertiary/aromatic N) is 2. The topological polar surface area (TPSA) is 104 Å². The third-order valence-corrected chi connectivity index (χ3v) is 4.62. The monoisotopic (exact) mass is 417 g/mol. The Morgan fingerprint density at radius 2 is 1.93 bits per heavy atom. The molecule has 0 fully saturated rings. The van der Waals surface area contributed by atoms with Gasteiger partial charge < -0.3 is 15.5 Å². The van der Waals surface area contributed by atoms with Crippen LogP contribution in [0.3, 0.4) is 0 Å². The largest absolute Gasteiger partial charge is 0.493 e. The van der Waals surface area contributed by atoms with Crippen molar-refractivity contribution in [1.82, 2.24) is 15.1 Å². The number of carbonyl (C=O) groups excluding carboxylic acids is 1. The molecule has 0 aliphatic heterocycles. The summed E-state index contributed by atoms with van der Waals surface area (Å²) in [5, 5.41) is 26.4. The number of carbonyl (C=O) groups is 2. The lowest BCUT2D eigenvalue weighted by Crippen LogP contribution is -2.31. The third-order valence-electron chi connectivity index (χ3n) is 4.36. The molecule has 3 rings (SSSR count). The predicted molar refractivity (Wildman–Crippen MR) is 104 cm³/mol. The van der Waals surface area contributed by atoms with Gasteiger partial charge in [-0.3, -0.25) is 9.59 Å². The zero-order valence-electron chi connectivity index (χ0n) is 15.3. The van der Waals surface area contributed by atoms with Gasteiger partial charge in [-0.2, -0.15) is 5.10 Å². The van der Waals surface area contributed by atoms with E-state index in [0.717, 1.165) is 10.7 Å². The van der Waals surface area contributed by atoms with Crippen LogP contribution < -0.4 is 5.32 Å². The first kappa shape index (κ1) is 20.3. The van der Waals surface area contributed by atoms with Gasteiger partial charge in [0.25, 0.3) is 5.91 Å². The van der Waals surface area contributed by atoms with Crippen molar-refractivity contribution in [2.24, 2.45) is 0 Å². The van der Waals surface area contributed by atoms with Gasteiger partial charge in [0.15, 0.2) is 5.69 Å². The van der Waals surface area contributed by atoms with Gasteiger partial charge in [0, 0.05) is 11.1 Å². The summed E-state index contributed by atoms with van der Waals surface area (Å²) in [4.78, 5) is 23.9. The van der Waals surface area contributed by atoms with Crippen LogP contribution in [0.2, 0.25) is 5.02 Å². The lowest BCUT2D eigenvalue weighted by Gasteiger charge is -2.19. The predicted octanol–water partition coefficient (Wildman–Crippen LogP) is 3.62. The first-order chi connectivity index (χ1) is 13.8. The highest BCUT2D eigenvalue weighted by Gasteiger charge is 2.23. The zero-order chi connectivity index (χ0) is 21.1. The molecule has 1 heterocycles. The van der Waals surface area contributed by atoms with Crippen molar-refractivity contribution in [3.8, 4) is 11.6 Å². The Morgan fingerprint density at radius 1 is 1.24 bits per heavy atom. The second kappa shape index (κ2) is 8.32. The van der Waals surface area contributed by atoms with Gasteiger partial charge in [0.05, 0.1) is 18.2 Å². The van der Waals surface area contributed by atoms with E-state index in [0.29, 0.717) is 16.3 Å². The number of benzene rings is 2. The van der Waals surface area contributed by atoms with Crippen LogP contribution in [-0.2, 0) is 4.79 Å². The number of carboxylic acids is 1. The summed E-state index contributed by atoms with van der Waals surface area (Å²) in [6, 6.07) is 10.9. The number of halogens is 2. The maximum Gasteiger partial charge on any atom is 0.305 e. The second-order valence-electron chi connectivity index (χ2n) is 6.35. The highest BCUT2D eigenvalue weighted by Crippen LogP contribution is 2.24. The van der Waals surface area contributed by atoms with Crippen molar-refractivity contribution in [3.05, 3.63) is 76.2 Å². The molecule has 2 aromatic carbocycles. The lowest BCUT2D eigenvalue weighted by molar-refractivity contribution is -0.137. The Morgan fingerprint density at radius 3 is 2.59 bits per heavy atom. The summed E-state index contributed by atoms with van der Waals surface area (Å²) in [6.45, 7) is 1.51. The van der Waals surface area contributed by atoms with E-state index in [1.54, 1.807) is 30.3 Å². The number of hydrogen-bond acceptors (Lipinski definition) is 4. The second-order valence-corrected chi connectivity index (χ2v) is 6.79. The van der Waals surface area contributed by atoms with Gasteiger partial charge in [-0.05, 0) is 48.4 Å². The van der Waals surface area contributed by atoms with Gasteiger partial charge in [0.1, 0.15) is 5.82 Å². The number of carboxylic acid groups (broad SMARTS) is 1. The fourth-order valence-corrected chi connectivity index (χ4v) is 3.03. The molecule has 3 aromatic rings. The van der Waals surface area contributed by atoms with E-state index in [1.807, 2.05) is 0 Å². The van der Waals surface area contributed by atoms with E-state index in [1.165, 1.54) is 19.1 Å². The number of hydrogen-bond donors (Lipinski definition) is 3. The summed E-state index contributed by atoms with van der Waals surface area (Å²) < 4.78 is 15.0. The highest BCUT2D eigenvalue weighted by molar-refractivity contribution is 6.30. The van der Waals surface area contributed by atoms with Crippen LogP contribution in [0.25, 0.3) is 5.69 Å². The first-order valence-electron chi connectivity index (χ1n) is 8.59. The van der Waals surface area contributed by atoms with E-state index in [4.69, 9.17) is 11.6 Å². The van der Waals surface area contributed by atoms with E-state index in [2.05, 4.69) is 10.4 Å². The molecular formula is C20H17ClFN3O4. The molecule has 0 saturated heterocycles. The normalized spacial score (nSPS) is 11.8. The Kier molecular flexibility index (Phi) is 5.84. The number of amides is 1. The summed E-state index contributed by atoms with van der Waals surface area (Å²) in [7, 11) is 0. The molecule has 7 nitrogen and oxygen atoms in total. The molecule has 29 heavy (non-hydrogen) atoms. The molecule has 9 heteroatoms. The van der Waals surface area contributed by atoms with Gasteiger partial charge >= 0.3 is 5.97 Å². The fourth-order valence-electron chi connectivity index (χ4n) is 2.90. The van der Waals surface area contributed by atoms with Crippen LogP contribution in [0.4, 0.5) is 4.39 Å². The van der Waals surface area contributed by atoms with Crippen LogP contribution in [0.5, 0.6) is 5.88 Å². The number of aromatic hydroxyl groups is 1. The van der Waals surface area contributed by atoms with E-state index < -0.39 is 30.2 Å². The van der Waals surface area contributed by atoms with Crippen molar-refractivity contribution < 1.29 is 24.2 Å². The molecule has 3 N–H and O–H groups in total. The summed E-state index contributed by atoms with van der Waals surface area (Å²) in [5.41, 5.74) is 0.951. The minimum absolute atomic E-state index is 0.123. The van der Waals surface area contributed by atoms with Crippen molar-refractivity contribution in [2.75, 3.05) is 0 Å². The Balaban J connectivity index is 1.88. The Hall–Kier alpha value is -3.39. The molecule has 0 aliphatic rings. The molecule has 1 atom stereocenters. The molecule has 1 unspecified atom stereocenters. The molecule has 0 aliphatic carbocycles. The van der Waals surface area contributed by atoms with E-state index >= 15 is 0 Å². The fraction of sp³-hybridized carbons (Fsp3) is 0.150. The Bertz CT molecular complexity index is 1070. The van der Waals surface area contributed by atoms with Crippen LogP contribution in [0.1, 0.15) is 34.1 Å². The van der Waals surface area contributed by atoms with E-state index in [-0.39, 0.29) is 17.1 Å². The molecule has 0 saturated carbocycles. The maximum absolute atomic E-state index is 13.9. The summed E-state index contributed by atoms with van der Waals surface area (Å²) in [6.07, 6.45) is -0.445. The molecule has 1 aromatic heterocycles. The third kappa shape index (κ3) is 4.55. The smallest absolute Gasteiger partial charge is 0.305 e. The number of rotatable bonds is 6. The van der Waals surface area contributed by atoms with E-state index in [9.17, 15) is 24.2 Å². The van der Waals surface area contributed by atoms with Crippen LogP contribution in [0.15, 0.2) is 48.5 Å². The average Bonchev–Trinajstić information content (AvgIpc) is 3.05. The number of aromatic nitrogens is 2. The minimum atomic E-state index is -1.16. The SMILES string of the molecule is Cc1c(F)cccc1C(CC(=O)O)NC(=O)c1cc(O)n(-c2ccc(Cl)cc2)n1. The quantitative estimate of drug-likeness (QED) is 0.568. The van der Waals surface area contributed by atoms with Gasteiger partial charge in [-0.25, -0.2) is 9.07 Å². The van der Waals surface area contributed by atoms with Gasteiger partial charge in [-0.15, -0.1) is 0 Å². The molecule has 150 valence electrons. The summed E-state index contributed by atoms with van der Waals surface area (Å²) >= 11 is 5.84. The Labute approximate surface area is 170 Å². The molecule has 0 radical (unpaired) electrons. The number of aliphatic carboxylic acids is 1. The molecule has 1 amide bonds. The van der Waals surface area contributed by atoms with Crippen molar-refractivity contribution >= 4 is 23.5 Å². The average molecular weight is 418 g/mol. The molecular weight excluding hydrogens is 401 g/mol. The first-order valence-corrected chi connectivity index (χ1v) is 8.96. The van der Waals surface area contributed by atoms with Crippen molar-refractivity contribution in [1.29, 1.82) is 0 Å². The van der Waals surface area contributed by atoms with Crippen LogP contribution in [-0.4, -0.2) is 31.9 Å². The van der Waals surface area contributed by atoms with Gasteiger partial charge in [-0.1, -0.05) is 23.7 Å². The minimum Gasteiger partial charge on any atom is -0.493 e. The van der Waals surface area contributed by atoms with Crippen LogP contribution in [0, 0.1) is 12.7 Å².